The molecule has 1 fully saturated rings. The van der Waals surface area contributed by atoms with Crippen LogP contribution in [0.25, 0.3) is 5.57 Å². The number of amides is 1. The van der Waals surface area contributed by atoms with Gasteiger partial charge in [-0.3, -0.25) is 9.69 Å². The lowest BCUT2D eigenvalue weighted by atomic mass is 9.99. The summed E-state index contributed by atoms with van der Waals surface area (Å²) >= 11 is 6.71. The van der Waals surface area contributed by atoms with Gasteiger partial charge in [0.2, 0.25) is 0 Å². The molecule has 0 aliphatic carbocycles. The van der Waals surface area contributed by atoms with Gasteiger partial charge in [0.05, 0.1) is 4.91 Å². The van der Waals surface area contributed by atoms with Crippen LogP contribution in [0.5, 0.6) is 0 Å². The van der Waals surface area contributed by atoms with Crippen LogP contribution in [-0.4, -0.2) is 28.2 Å². The van der Waals surface area contributed by atoms with Gasteiger partial charge in [-0.15, -0.1) is 0 Å². The minimum Gasteiger partial charge on any atom is -0.348 e. The number of allylic oxidation sites excluding steroid dienone is 2. The molecular formula is C16H16N2OS2. The Labute approximate surface area is 134 Å². The van der Waals surface area contributed by atoms with Crippen molar-refractivity contribution in [2.45, 2.75) is 13.8 Å². The fourth-order valence-electron chi connectivity index (χ4n) is 2.59. The highest BCUT2D eigenvalue weighted by Crippen LogP contribution is 2.41. The molecule has 0 spiro atoms. The minimum atomic E-state index is 0.0203. The van der Waals surface area contributed by atoms with E-state index in [-0.39, 0.29) is 5.91 Å². The second-order valence-electron chi connectivity index (χ2n) is 4.78. The zero-order valence-corrected chi connectivity index (χ0v) is 13.6. The summed E-state index contributed by atoms with van der Waals surface area (Å²) in [6, 6.07) is 8.18. The van der Waals surface area contributed by atoms with Crippen molar-refractivity contribution in [3.8, 4) is 0 Å². The Bertz CT molecular complexity index is 679. The fraction of sp³-hybridized carbons (Fsp3) is 0.250. The summed E-state index contributed by atoms with van der Waals surface area (Å²) in [4.78, 5) is 17.1. The summed E-state index contributed by atoms with van der Waals surface area (Å²) in [5.74, 6) is 0.0203. The molecule has 5 heteroatoms. The second-order valence-corrected chi connectivity index (χ2v) is 6.42. The number of anilines is 1. The van der Waals surface area contributed by atoms with Gasteiger partial charge in [-0.25, -0.2) is 0 Å². The van der Waals surface area contributed by atoms with Crippen molar-refractivity contribution in [3.63, 3.8) is 0 Å². The van der Waals surface area contributed by atoms with E-state index in [9.17, 15) is 4.79 Å². The Kier molecular flexibility index (Phi) is 3.87. The maximum Gasteiger partial charge on any atom is 0.266 e. The van der Waals surface area contributed by atoms with Crippen molar-refractivity contribution < 1.29 is 4.79 Å². The molecule has 1 aromatic carbocycles. The Morgan fingerprint density at radius 1 is 1.19 bits per heavy atom. The van der Waals surface area contributed by atoms with Gasteiger partial charge in [0.15, 0.2) is 0 Å². The van der Waals surface area contributed by atoms with Gasteiger partial charge in [0, 0.05) is 36.1 Å². The second kappa shape index (κ2) is 5.66. The first-order chi connectivity index (χ1) is 10.2. The van der Waals surface area contributed by atoms with Crippen LogP contribution in [0, 0.1) is 0 Å². The standard InChI is InChI=1S/C16H16N2OS2/c1-3-17-10-9-12(11-7-5-6-8-13(11)17)14-15(19)18(4-2)16(20)21-14/h5-10H,3-4H2,1-2H3/b14-12+. The SMILES string of the molecule is CCN1C(=O)/C(=C2/C=CN(CC)c3ccccc32)SC1=S. The lowest BCUT2D eigenvalue weighted by Crippen LogP contribution is -2.27. The number of para-hydroxylation sites is 1. The first-order valence-corrected chi connectivity index (χ1v) is 8.22. The highest BCUT2D eigenvalue weighted by Gasteiger charge is 2.34. The Balaban J connectivity index is 2.14. The van der Waals surface area contributed by atoms with E-state index in [1.165, 1.54) is 11.8 Å². The average molecular weight is 316 g/mol. The van der Waals surface area contributed by atoms with Gasteiger partial charge in [-0.2, -0.15) is 0 Å². The highest BCUT2D eigenvalue weighted by molar-refractivity contribution is 8.26. The number of carbonyl (C=O) groups is 1. The van der Waals surface area contributed by atoms with Crippen LogP contribution in [0.4, 0.5) is 5.69 Å². The van der Waals surface area contributed by atoms with E-state index in [4.69, 9.17) is 12.2 Å². The molecule has 0 unspecified atom stereocenters. The monoisotopic (exact) mass is 316 g/mol. The van der Waals surface area contributed by atoms with E-state index < -0.39 is 0 Å². The van der Waals surface area contributed by atoms with E-state index >= 15 is 0 Å². The molecule has 21 heavy (non-hydrogen) atoms. The van der Waals surface area contributed by atoms with Crippen LogP contribution < -0.4 is 4.90 Å². The quantitative estimate of drug-likeness (QED) is 0.614. The molecule has 3 nitrogen and oxygen atoms in total. The molecule has 1 amide bonds. The van der Waals surface area contributed by atoms with E-state index in [1.54, 1.807) is 4.90 Å². The Hall–Kier alpha value is -1.59. The predicted molar refractivity (Wildman–Crippen MR) is 93.1 cm³/mol. The highest BCUT2D eigenvalue weighted by atomic mass is 32.2. The minimum absolute atomic E-state index is 0.0203. The first-order valence-electron chi connectivity index (χ1n) is 6.99. The van der Waals surface area contributed by atoms with Gasteiger partial charge in [0.25, 0.3) is 5.91 Å². The molecule has 2 aliphatic heterocycles. The predicted octanol–water partition coefficient (Wildman–Crippen LogP) is 3.63. The molecule has 0 radical (unpaired) electrons. The Morgan fingerprint density at radius 2 is 1.95 bits per heavy atom. The molecule has 2 heterocycles. The summed E-state index contributed by atoms with van der Waals surface area (Å²) in [7, 11) is 0. The molecule has 0 bridgehead atoms. The van der Waals surface area contributed by atoms with Crippen molar-refractivity contribution in [1.82, 2.24) is 4.90 Å². The van der Waals surface area contributed by atoms with Crippen LogP contribution in [-0.2, 0) is 4.79 Å². The summed E-state index contributed by atoms with van der Waals surface area (Å²) in [6.45, 7) is 5.58. The molecule has 0 N–H and O–H groups in total. The number of thioether (sulfide) groups is 1. The number of hydrogen-bond acceptors (Lipinski definition) is 4. The van der Waals surface area contributed by atoms with Crippen molar-refractivity contribution in [2.75, 3.05) is 18.0 Å². The summed E-state index contributed by atoms with van der Waals surface area (Å²) in [5, 5.41) is 0. The number of rotatable bonds is 2. The van der Waals surface area contributed by atoms with E-state index in [2.05, 4.69) is 24.0 Å². The van der Waals surface area contributed by atoms with Gasteiger partial charge in [-0.05, 0) is 26.0 Å². The lowest BCUT2D eigenvalue weighted by Gasteiger charge is -2.26. The number of hydrogen-bond donors (Lipinski definition) is 0. The first kappa shape index (κ1) is 14.4. The maximum atomic E-state index is 12.5. The van der Waals surface area contributed by atoms with Crippen LogP contribution >= 0.6 is 24.0 Å². The topological polar surface area (TPSA) is 23.6 Å². The third-order valence-corrected chi connectivity index (χ3v) is 5.14. The molecule has 0 saturated carbocycles. The molecule has 1 aromatic rings. The zero-order valence-electron chi connectivity index (χ0n) is 12.0. The van der Waals surface area contributed by atoms with Crippen molar-refractivity contribution >= 4 is 45.5 Å². The van der Waals surface area contributed by atoms with Crippen molar-refractivity contribution in [1.29, 1.82) is 0 Å². The summed E-state index contributed by atoms with van der Waals surface area (Å²) in [6.07, 6.45) is 4.06. The molecule has 2 aliphatic rings. The molecule has 0 atom stereocenters. The zero-order chi connectivity index (χ0) is 15.0. The van der Waals surface area contributed by atoms with Crippen molar-refractivity contribution in [3.05, 3.63) is 47.0 Å². The third-order valence-electron chi connectivity index (χ3n) is 3.68. The molecule has 3 rings (SSSR count). The van der Waals surface area contributed by atoms with Gasteiger partial charge < -0.3 is 4.90 Å². The lowest BCUT2D eigenvalue weighted by molar-refractivity contribution is -0.122. The molecule has 108 valence electrons. The molecule has 0 aromatic heterocycles. The smallest absolute Gasteiger partial charge is 0.266 e. The normalized spacial score (nSPS) is 21.2. The largest absolute Gasteiger partial charge is 0.348 e. The van der Waals surface area contributed by atoms with Crippen LogP contribution in [0.3, 0.4) is 0 Å². The Morgan fingerprint density at radius 3 is 2.62 bits per heavy atom. The van der Waals surface area contributed by atoms with Gasteiger partial charge in [0.1, 0.15) is 4.32 Å². The number of thiocarbonyl (C=S) groups is 1. The maximum absolute atomic E-state index is 12.5. The summed E-state index contributed by atoms with van der Waals surface area (Å²) in [5.41, 5.74) is 3.21. The number of likely N-dealkylation sites (N-methyl/N-ethyl adjacent to an activating group) is 1. The van der Waals surface area contributed by atoms with Gasteiger partial charge >= 0.3 is 0 Å². The van der Waals surface area contributed by atoms with Crippen LogP contribution in [0.15, 0.2) is 41.4 Å². The number of carbonyl (C=O) groups excluding carboxylic acids is 1. The van der Waals surface area contributed by atoms with E-state index in [0.29, 0.717) is 10.9 Å². The molecular weight excluding hydrogens is 300 g/mol. The average Bonchev–Trinajstić information content (AvgIpc) is 2.80. The fourth-order valence-corrected chi connectivity index (χ4v) is 4.04. The van der Waals surface area contributed by atoms with Crippen molar-refractivity contribution in [2.24, 2.45) is 0 Å². The van der Waals surface area contributed by atoms with E-state index in [0.717, 1.165) is 28.3 Å². The van der Waals surface area contributed by atoms with Crippen LogP contribution in [0.2, 0.25) is 0 Å². The number of nitrogens with zero attached hydrogens (tertiary/aromatic N) is 2. The summed E-state index contributed by atoms with van der Waals surface area (Å²) < 4.78 is 0.647. The number of fused-ring (bicyclic) bond motifs is 1. The van der Waals surface area contributed by atoms with Crippen LogP contribution in [0.1, 0.15) is 19.4 Å². The number of benzene rings is 1. The van der Waals surface area contributed by atoms with Gasteiger partial charge in [-0.1, -0.05) is 42.2 Å². The van der Waals surface area contributed by atoms with E-state index in [1.807, 2.05) is 31.3 Å². The molecule has 1 saturated heterocycles. The third kappa shape index (κ3) is 2.30.